The van der Waals surface area contributed by atoms with Gasteiger partial charge in [-0.2, -0.15) is 0 Å². The highest BCUT2D eigenvalue weighted by Gasteiger charge is 2.29. The maximum absolute atomic E-state index is 6.36. The second kappa shape index (κ2) is 10.5. The number of hydrogen-bond donors (Lipinski definition) is 0. The zero-order valence-corrected chi connectivity index (χ0v) is 19.8. The van der Waals surface area contributed by atoms with Gasteiger partial charge in [-0.1, -0.05) is 36.4 Å². The molecule has 2 aromatic carbocycles. The largest absolute Gasteiger partial charge is 0.486 e. The van der Waals surface area contributed by atoms with Crippen molar-refractivity contribution >= 4 is 0 Å². The first-order chi connectivity index (χ1) is 16.7. The summed E-state index contributed by atoms with van der Waals surface area (Å²) in [6, 6.07) is 12.2. The Hall–Kier alpha value is -2.96. The molecule has 1 fully saturated rings. The molecule has 3 aliphatic heterocycles. The second-order valence-corrected chi connectivity index (χ2v) is 9.18. The summed E-state index contributed by atoms with van der Waals surface area (Å²) in [5, 5.41) is 0. The molecule has 0 unspecified atom stereocenters. The predicted octanol–water partition coefficient (Wildman–Crippen LogP) is 3.74. The number of allylic oxidation sites excluding steroid dienone is 2. The molecule has 180 valence electrons. The first-order valence-electron chi connectivity index (χ1n) is 12.2. The third kappa shape index (κ3) is 5.08. The molecule has 0 bridgehead atoms. The van der Waals surface area contributed by atoms with Crippen LogP contribution in [-0.4, -0.2) is 74.5 Å². The van der Waals surface area contributed by atoms with Gasteiger partial charge in [0, 0.05) is 50.4 Å². The van der Waals surface area contributed by atoms with Crippen LogP contribution in [0.15, 0.2) is 61.7 Å². The second-order valence-electron chi connectivity index (χ2n) is 9.18. The average Bonchev–Trinajstić information content (AvgIpc) is 2.86. The fourth-order valence-electron chi connectivity index (χ4n) is 4.93. The van der Waals surface area contributed by atoms with Crippen molar-refractivity contribution in [1.29, 1.82) is 0 Å². The van der Waals surface area contributed by atoms with Gasteiger partial charge in [-0.25, -0.2) is 0 Å². The van der Waals surface area contributed by atoms with Crippen LogP contribution in [0.1, 0.15) is 11.1 Å². The number of hydrogen-bond acceptors (Lipinski definition) is 6. The highest BCUT2D eigenvalue weighted by Crippen LogP contribution is 2.37. The van der Waals surface area contributed by atoms with E-state index in [1.165, 1.54) is 0 Å². The van der Waals surface area contributed by atoms with E-state index >= 15 is 0 Å². The molecule has 0 amide bonds. The van der Waals surface area contributed by atoms with Gasteiger partial charge in [0.05, 0.1) is 0 Å². The first kappa shape index (κ1) is 22.8. The van der Waals surface area contributed by atoms with E-state index < -0.39 is 0 Å². The summed E-state index contributed by atoms with van der Waals surface area (Å²) >= 11 is 0. The van der Waals surface area contributed by atoms with Crippen molar-refractivity contribution in [2.24, 2.45) is 0 Å². The van der Waals surface area contributed by atoms with Crippen molar-refractivity contribution in [1.82, 2.24) is 9.80 Å². The van der Waals surface area contributed by atoms with Crippen molar-refractivity contribution in [2.75, 3.05) is 52.5 Å². The van der Waals surface area contributed by atoms with Gasteiger partial charge in [0.2, 0.25) is 0 Å². The standard InChI is InChI=1S/C28H34N2O4/c1-3-7-21-9-5-11-25-27(21)33-23(19-31-25)17-29-13-15-30(16-14-29)18-24-20-32-26-12-6-10-22(8-4-2)28(26)34-24/h3-6,9-12,23-24H,1-2,7-8,13-20H2/t23-,24+. The molecule has 2 atom stereocenters. The minimum absolute atomic E-state index is 0.0416. The summed E-state index contributed by atoms with van der Waals surface area (Å²) in [6.45, 7) is 14.7. The van der Waals surface area contributed by atoms with Gasteiger partial charge >= 0.3 is 0 Å². The van der Waals surface area contributed by atoms with E-state index in [2.05, 4.69) is 35.1 Å². The number of nitrogens with zero attached hydrogens (tertiary/aromatic N) is 2. The third-order valence-electron chi connectivity index (χ3n) is 6.66. The Morgan fingerprint density at radius 1 is 0.706 bits per heavy atom. The zero-order valence-electron chi connectivity index (χ0n) is 19.8. The van der Waals surface area contributed by atoms with Gasteiger partial charge in [-0.05, 0) is 25.0 Å². The van der Waals surface area contributed by atoms with E-state index in [-0.39, 0.29) is 12.2 Å². The average molecular weight is 463 g/mol. The molecule has 6 heteroatoms. The number of piperazine rings is 1. The lowest BCUT2D eigenvalue weighted by atomic mass is 10.1. The molecule has 3 aliphatic rings. The van der Waals surface area contributed by atoms with Crippen LogP contribution in [-0.2, 0) is 12.8 Å². The number of benzene rings is 2. The molecule has 6 nitrogen and oxygen atoms in total. The van der Waals surface area contributed by atoms with Crippen LogP contribution < -0.4 is 18.9 Å². The van der Waals surface area contributed by atoms with Gasteiger partial charge in [-0.15, -0.1) is 13.2 Å². The topological polar surface area (TPSA) is 43.4 Å². The summed E-state index contributed by atoms with van der Waals surface area (Å²) in [7, 11) is 0. The predicted molar refractivity (Wildman–Crippen MR) is 133 cm³/mol. The lowest BCUT2D eigenvalue weighted by Crippen LogP contribution is -2.53. The van der Waals surface area contributed by atoms with E-state index in [0.717, 1.165) is 86.2 Å². The minimum Gasteiger partial charge on any atom is -0.486 e. The Bertz CT molecular complexity index is 934. The van der Waals surface area contributed by atoms with Crippen LogP contribution in [0.2, 0.25) is 0 Å². The molecule has 2 aromatic rings. The number of para-hydroxylation sites is 2. The van der Waals surface area contributed by atoms with Crippen molar-refractivity contribution in [3.8, 4) is 23.0 Å². The van der Waals surface area contributed by atoms with Gasteiger partial charge < -0.3 is 18.9 Å². The molecule has 0 spiro atoms. The molecule has 34 heavy (non-hydrogen) atoms. The Morgan fingerprint density at radius 2 is 1.15 bits per heavy atom. The van der Waals surface area contributed by atoms with Crippen LogP contribution >= 0.6 is 0 Å². The Labute approximate surface area is 202 Å². The lowest BCUT2D eigenvalue weighted by molar-refractivity contribution is 0.0195. The maximum Gasteiger partial charge on any atom is 0.165 e. The van der Waals surface area contributed by atoms with Crippen molar-refractivity contribution in [3.05, 3.63) is 72.8 Å². The summed E-state index contributed by atoms with van der Waals surface area (Å²) in [6.07, 6.45) is 5.46. The minimum atomic E-state index is 0.0416. The Kier molecular flexibility index (Phi) is 7.07. The van der Waals surface area contributed by atoms with E-state index in [4.69, 9.17) is 18.9 Å². The molecule has 0 aliphatic carbocycles. The number of fused-ring (bicyclic) bond motifs is 2. The molecule has 0 radical (unpaired) electrons. The normalized spacial score (nSPS) is 22.2. The van der Waals surface area contributed by atoms with Gasteiger partial charge in [0.25, 0.3) is 0 Å². The number of ether oxygens (including phenoxy) is 4. The monoisotopic (exact) mass is 462 g/mol. The van der Waals surface area contributed by atoms with Gasteiger partial charge in [-0.3, -0.25) is 9.80 Å². The van der Waals surface area contributed by atoms with Crippen LogP contribution in [0.3, 0.4) is 0 Å². The first-order valence-corrected chi connectivity index (χ1v) is 12.2. The third-order valence-corrected chi connectivity index (χ3v) is 6.66. The molecular weight excluding hydrogens is 428 g/mol. The summed E-state index contributed by atoms with van der Waals surface area (Å²) in [5.41, 5.74) is 2.27. The molecule has 0 aromatic heterocycles. The molecular formula is C28H34N2O4. The SMILES string of the molecule is C=CCc1cccc2c1O[C@@H](CN1CCN(C[C@@H]3COc4cccc(CC=C)c4O3)CC1)CO2. The highest BCUT2D eigenvalue weighted by atomic mass is 16.6. The fourth-order valence-corrected chi connectivity index (χ4v) is 4.93. The van der Waals surface area contributed by atoms with Crippen LogP contribution in [0.25, 0.3) is 0 Å². The van der Waals surface area contributed by atoms with E-state index in [0.29, 0.717) is 13.2 Å². The summed E-state index contributed by atoms with van der Waals surface area (Å²) < 4.78 is 24.7. The Morgan fingerprint density at radius 3 is 1.56 bits per heavy atom. The highest BCUT2D eigenvalue weighted by molar-refractivity contribution is 5.49. The van der Waals surface area contributed by atoms with Crippen molar-refractivity contribution in [2.45, 2.75) is 25.0 Å². The molecule has 5 rings (SSSR count). The van der Waals surface area contributed by atoms with E-state index in [1.54, 1.807) is 0 Å². The molecule has 1 saturated heterocycles. The maximum atomic E-state index is 6.36. The molecule has 0 N–H and O–H groups in total. The van der Waals surface area contributed by atoms with Crippen molar-refractivity contribution in [3.63, 3.8) is 0 Å². The van der Waals surface area contributed by atoms with Crippen molar-refractivity contribution < 1.29 is 18.9 Å². The quantitative estimate of drug-likeness (QED) is 0.557. The fraction of sp³-hybridized carbons (Fsp3) is 0.429. The summed E-state index contributed by atoms with van der Waals surface area (Å²) in [4.78, 5) is 4.95. The molecule has 3 heterocycles. The van der Waals surface area contributed by atoms with Gasteiger partial charge in [0.15, 0.2) is 23.0 Å². The van der Waals surface area contributed by atoms with Crippen LogP contribution in [0.4, 0.5) is 0 Å². The van der Waals surface area contributed by atoms with E-state index in [9.17, 15) is 0 Å². The number of rotatable bonds is 8. The zero-order chi connectivity index (χ0) is 23.3. The lowest BCUT2D eigenvalue weighted by Gasteiger charge is -2.39. The summed E-state index contributed by atoms with van der Waals surface area (Å²) in [5.74, 6) is 3.44. The van der Waals surface area contributed by atoms with Crippen LogP contribution in [0.5, 0.6) is 23.0 Å². The Balaban J connectivity index is 1.11. The van der Waals surface area contributed by atoms with Crippen LogP contribution in [0, 0.1) is 0 Å². The molecule has 0 saturated carbocycles. The smallest absolute Gasteiger partial charge is 0.165 e. The van der Waals surface area contributed by atoms with E-state index in [1.807, 2.05) is 36.4 Å². The van der Waals surface area contributed by atoms with Gasteiger partial charge in [0.1, 0.15) is 25.4 Å².